The van der Waals surface area contributed by atoms with Gasteiger partial charge in [-0.15, -0.1) is 0 Å². The summed E-state index contributed by atoms with van der Waals surface area (Å²) >= 11 is 12.0. The summed E-state index contributed by atoms with van der Waals surface area (Å²) in [4.78, 5) is 16.0. The van der Waals surface area contributed by atoms with Gasteiger partial charge in [-0.3, -0.25) is 4.21 Å². The molecule has 0 bridgehead atoms. The van der Waals surface area contributed by atoms with E-state index in [-0.39, 0.29) is 38.7 Å². The number of carbonyl (C=O) groups excluding carboxylic acids is 1. The fraction of sp³-hybridized carbons (Fsp3) is 0.312. The molecular formula is C16H15Cl2F3N4O4S. The van der Waals surface area contributed by atoms with Crippen LogP contribution in [0, 0.1) is 0 Å². The van der Waals surface area contributed by atoms with Gasteiger partial charge in [-0.05, 0) is 19.1 Å². The third-order valence-corrected chi connectivity index (χ3v) is 5.05. The van der Waals surface area contributed by atoms with E-state index in [1.807, 2.05) is 0 Å². The molecule has 0 amide bonds. The number of hydrogen-bond acceptors (Lipinski definition) is 7. The molecule has 2 aromatic rings. The van der Waals surface area contributed by atoms with Crippen LogP contribution in [0.15, 0.2) is 22.2 Å². The SMILES string of the molecule is CCOC(=O)CO/N=C/c1nn(-c2c(Cl)cc(C(F)(F)F)cc2Cl)c(N)c1S(C)=O. The van der Waals surface area contributed by atoms with Crippen molar-refractivity contribution in [2.24, 2.45) is 5.16 Å². The number of benzene rings is 1. The van der Waals surface area contributed by atoms with Crippen LogP contribution in [0.3, 0.4) is 0 Å². The van der Waals surface area contributed by atoms with Gasteiger partial charge in [0.05, 0.1) is 39.2 Å². The molecule has 1 atom stereocenters. The van der Waals surface area contributed by atoms with Gasteiger partial charge in [0.15, 0.2) is 0 Å². The maximum absolute atomic E-state index is 12.9. The minimum Gasteiger partial charge on any atom is -0.463 e. The second-order valence-corrected chi connectivity index (χ2v) is 7.70. The van der Waals surface area contributed by atoms with E-state index in [0.717, 1.165) is 10.9 Å². The molecule has 0 saturated heterocycles. The number of carbonyl (C=O) groups is 1. The fourth-order valence-electron chi connectivity index (χ4n) is 2.30. The number of ether oxygens (including phenoxy) is 1. The van der Waals surface area contributed by atoms with Crippen LogP contribution in [0.2, 0.25) is 10.0 Å². The quantitative estimate of drug-likeness (QED) is 0.364. The number of aromatic nitrogens is 2. The number of halogens is 5. The average molecular weight is 487 g/mol. The Morgan fingerprint density at radius 3 is 2.47 bits per heavy atom. The van der Waals surface area contributed by atoms with Crippen molar-refractivity contribution in [2.45, 2.75) is 18.0 Å². The number of nitrogens with zero attached hydrogens (tertiary/aromatic N) is 3. The summed E-state index contributed by atoms with van der Waals surface area (Å²) in [5, 5.41) is 6.86. The molecule has 8 nitrogen and oxygen atoms in total. The molecule has 0 aliphatic carbocycles. The number of rotatable bonds is 7. The number of hydrogen-bond donors (Lipinski definition) is 1. The van der Waals surface area contributed by atoms with E-state index in [1.165, 1.54) is 6.26 Å². The first-order valence-electron chi connectivity index (χ1n) is 8.06. The lowest BCUT2D eigenvalue weighted by atomic mass is 10.2. The van der Waals surface area contributed by atoms with Gasteiger partial charge in [-0.2, -0.15) is 18.3 Å². The van der Waals surface area contributed by atoms with Crippen LogP contribution in [-0.4, -0.2) is 45.6 Å². The summed E-state index contributed by atoms with van der Waals surface area (Å²) in [6.07, 6.45) is -2.31. The molecule has 2 N–H and O–H groups in total. The molecular weight excluding hydrogens is 472 g/mol. The third kappa shape index (κ3) is 5.43. The number of oxime groups is 1. The molecule has 0 spiro atoms. The summed E-state index contributed by atoms with van der Waals surface area (Å²) in [6.45, 7) is 1.32. The molecule has 164 valence electrons. The topological polar surface area (TPSA) is 109 Å². The van der Waals surface area contributed by atoms with E-state index in [2.05, 4.69) is 15.0 Å². The van der Waals surface area contributed by atoms with Crippen LogP contribution in [0.4, 0.5) is 19.0 Å². The third-order valence-electron chi connectivity index (χ3n) is 3.48. The van der Waals surface area contributed by atoms with Crippen LogP contribution in [0.25, 0.3) is 5.69 Å². The van der Waals surface area contributed by atoms with Crippen molar-refractivity contribution in [3.05, 3.63) is 33.4 Å². The van der Waals surface area contributed by atoms with Crippen LogP contribution in [-0.2, 0) is 31.3 Å². The van der Waals surface area contributed by atoms with Gasteiger partial charge in [-0.25, -0.2) is 9.48 Å². The summed E-state index contributed by atoms with van der Waals surface area (Å²) in [5.74, 6) is -0.825. The Balaban J connectivity index is 2.45. The zero-order chi connectivity index (χ0) is 22.6. The highest BCUT2D eigenvalue weighted by molar-refractivity contribution is 7.84. The standard InChI is InChI=1S/C16H15Cl2F3N4O4S/c1-3-28-12(26)7-29-23-6-11-14(30(2)27)15(22)25(24-11)13-9(17)4-8(5-10(13)18)16(19,20)21/h4-6H,3,7,22H2,1-2H3/b23-6+. The summed E-state index contributed by atoms with van der Waals surface area (Å²) in [7, 11) is -1.67. The highest BCUT2D eigenvalue weighted by atomic mass is 35.5. The van der Waals surface area contributed by atoms with Gasteiger partial charge in [0, 0.05) is 6.26 Å². The molecule has 30 heavy (non-hydrogen) atoms. The normalized spacial score (nSPS) is 12.9. The first-order chi connectivity index (χ1) is 14.0. The van der Waals surface area contributed by atoms with E-state index in [0.29, 0.717) is 12.1 Å². The largest absolute Gasteiger partial charge is 0.463 e. The smallest absolute Gasteiger partial charge is 0.416 e. The lowest BCUT2D eigenvalue weighted by molar-refractivity contribution is -0.148. The molecule has 0 aliphatic rings. The molecule has 1 aromatic carbocycles. The highest BCUT2D eigenvalue weighted by Gasteiger charge is 2.33. The summed E-state index contributed by atoms with van der Waals surface area (Å²) < 4.78 is 56.5. The minimum atomic E-state index is -4.66. The summed E-state index contributed by atoms with van der Waals surface area (Å²) in [5.41, 5.74) is 4.77. The molecule has 0 aliphatic heterocycles. The Morgan fingerprint density at radius 1 is 1.37 bits per heavy atom. The van der Waals surface area contributed by atoms with Crippen molar-refractivity contribution in [1.29, 1.82) is 0 Å². The Bertz CT molecular complexity index is 988. The predicted octanol–water partition coefficient (Wildman–Crippen LogP) is 3.43. The zero-order valence-corrected chi connectivity index (χ0v) is 17.8. The predicted molar refractivity (Wildman–Crippen MR) is 106 cm³/mol. The van der Waals surface area contributed by atoms with Crippen molar-refractivity contribution in [1.82, 2.24) is 9.78 Å². The first-order valence-corrected chi connectivity index (χ1v) is 10.4. The Labute approximate surface area is 181 Å². The number of esters is 1. The number of nitrogens with two attached hydrogens (primary N) is 1. The van der Waals surface area contributed by atoms with Gasteiger partial charge in [0.2, 0.25) is 6.61 Å². The molecule has 0 fully saturated rings. The van der Waals surface area contributed by atoms with Gasteiger partial charge < -0.3 is 15.3 Å². The average Bonchev–Trinajstić information content (AvgIpc) is 2.94. The van der Waals surface area contributed by atoms with Crippen molar-refractivity contribution < 1.29 is 31.7 Å². The second kappa shape index (κ2) is 9.67. The highest BCUT2D eigenvalue weighted by Crippen LogP contribution is 2.38. The van der Waals surface area contributed by atoms with Crippen molar-refractivity contribution in [3.63, 3.8) is 0 Å². The van der Waals surface area contributed by atoms with Crippen molar-refractivity contribution in [3.8, 4) is 5.69 Å². The van der Waals surface area contributed by atoms with Gasteiger partial charge in [0.25, 0.3) is 0 Å². The molecule has 1 aromatic heterocycles. The monoisotopic (exact) mass is 486 g/mol. The van der Waals surface area contributed by atoms with Crippen molar-refractivity contribution >= 4 is 52.0 Å². The zero-order valence-electron chi connectivity index (χ0n) is 15.5. The fourth-order valence-corrected chi connectivity index (χ4v) is 3.71. The van der Waals surface area contributed by atoms with Crippen LogP contribution in [0.5, 0.6) is 0 Å². The first kappa shape index (κ1) is 24.0. The van der Waals surface area contributed by atoms with Crippen LogP contribution in [0.1, 0.15) is 18.2 Å². The minimum absolute atomic E-state index is 0.0190. The lowest BCUT2D eigenvalue weighted by Gasteiger charge is -2.13. The van der Waals surface area contributed by atoms with Gasteiger partial charge in [-0.1, -0.05) is 28.4 Å². The molecule has 2 rings (SSSR count). The van der Waals surface area contributed by atoms with E-state index in [1.54, 1.807) is 6.92 Å². The molecule has 1 heterocycles. The Kier molecular flexibility index (Phi) is 7.72. The molecule has 14 heteroatoms. The lowest BCUT2D eigenvalue weighted by Crippen LogP contribution is -2.10. The maximum Gasteiger partial charge on any atom is 0.416 e. The van der Waals surface area contributed by atoms with E-state index < -0.39 is 35.1 Å². The van der Waals surface area contributed by atoms with E-state index in [4.69, 9.17) is 33.8 Å². The Hall–Kier alpha value is -2.31. The van der Waals surface area contributed by atoms with Crippen LogP contribution < -0.4 is 5.73 Å². The molecule has 0 saturated carbocycles. The van der Waals surface area contributed by atoms with E-state index >= 15 is 0 Å². The van der Waals surface area contributed by atoms with Gasteiger partial charge >= 0.3 is 12.1 Å². The molecule has 1 unspecified atom stereocenters. The summed E-state index contributed by atoms with van der Waals surface area (Å²) in [6, 6.07) is 1.34. The number of nitrogen functional groups attached to an aromatic ring is 1. The number of alkyl halides is 3. The maximum atomic E-state index is 12.9. The Morgan fingerprint density at radius 2 is 1.97 bits per heavy atom. The number of anilines is 1. The van der Waals surface area contributed by atoms with Crippen LogP contribution >= 0.6 is 23.2 Å². The van der Waals surface area contributed by atoms with E-state index in [9.17, 15) is 22.2 Å². The second-order valence-electron chi connectivity index (χ2n) is 5.56. The van der Waals surface area contributed by atoms with Crippen molar-refractivity contribution in [2.75, 3.05) is 25.2 Å². The van der Waals surface area contributed by atoms with Gasteiger partial charge in [0.1, 0.15) is 22.1 Å². The molecule has 0 radical (unpaired) electrons.